The predicted octanol–water partition coefficient (Wildman–Crippen LogP) is 2.10. The Morgan fingerprint density at radius 1 is 1.11 bits per heavy atom. The zero-order valence-electron chi connectivity index (χ0n) is 21.1. The van der Waals surface area contributed by atoms with E-state index < -0.39 is 11.4 Å². The number of nitrogens with zero attached hydrogens (tertiary/aromatic N) is 6. The number of hydrogen-bond acceptors (Lipinski definition) is 6. The molecule has 1 aromatic heterocycles. The minimum atomic E-state index is -0.829. The van der Waals surface area contributed by atoms with E-state index in [4.69, 9.17) is 5.73 Å². The number of carbonyl (C=O) groups excluding carboxylic acids is 3. The fraction of sp³-hybridized carbons (Fsp3) is 0.577. The van der Waals surface area contributed by atoms with Gasteiger partial charge in [0, 0.05) is 12.1 Å². The normalized spacial score (nSPS) is 26.8. The first-order valence-corrected chi connectivity index (χ1v) is 12.8. The second-order valence-electron chi connectivity index (χ2n) is 10.8. The minimum Gasteiger partial charge on any atom is -0.368 e. The lowest BCUT2D eigenvalue weighted by molar-refractivity contribution is -0.137. The van der Waals surface area contributed by atoms with Crippen LogP contribution < -0.4 is 5.73 Å². The molecule has 5 rings (SSSR count). The lowest BCUT2D eigenvalue weighted by Crippen LogP contribution is -2.58. The monoisotopic (exact) mass is 493 g/mol. The summed E-state index contributed by atoms with van der Waals surface area (Å²) < 4.78 is 1.33. The molecule has 192 valence electrons. The van der Waals surface area contributed by atoms with E-state index in [0.717, 1.165) is 25.7 Å². The maximum absolute atomic E-state index is 14.0. The lowest BCUT2D eigenvalue weighted by Gasteiger charge is -2.50. The number of rotatable bonds is 8. The van der Waals surface area contributed by atoms with Crippen molar-refractivity contribution in [1.29, 1.82) is 0 Å². The lowest BCUT2D eigenvalue weighted by atomic mass is 9.67. The molecule has 36 heavy (non-hydrogen) atoms. The van der Waals surface area contributed by atoms with Crippen molar-refractivity contribution in [2.24, 2.45) is 11.7 Å². The van der Waals surface area contributed by atoms with Gasteiger partial charge in [-0.05, 0) is 64.1 Å². The molecule has 1 spiro atoms. The Hall–Kier alpha value is -3.27. The molecule has 1 aliphatic heterocycles. The van der Waals surface area contributed by atoms with Crippen LogP contribution in [0.4, 0.5) is 4.79 Å². The third kappa shape index (κ3) is 4.07. The van der Waals surface area contributed by atoms with Gasteiger partial charge in [0.15, 0.2) is 0 Å². The molecule has 1 aromatic carbocycles. The van der Waals surface area contributed by atoms with Crippen LogP contribution in [-0.2, 0) is 28.2 Å². The molecule has 0 atom stereocenters. The molecule has 1 saturated heterocycles. The molecule has 2 aliphatic carbocycles. The van der Waals surface area contributed by atoms with Crippen molar-refractivity contribution in [3.8, 4) is 0 Å². The summed E-state index contributed by atoms with van der Waals surface area (Å²) in [5.41, 5.74) is 5.94. The Balaban J connectivity index is 1.42. The zero-order chi connectivity index (χ0) is 25.5. The van der Waals surface area contributed by atoms with Crippen molar-refractivity contribution in [3.05, 3.63) is 47.8 Å². The third-order valence-electron chi connectivity index (χ3n) is 8.58. The van der Waals surface area contributed by atoms with E-state index in [1.807, 2.05) is 11.0 Å². The fourth-order valence-electron chi connectivity index (χ4n) is 6.22. The van der Waals surface area contributed by atoms with Crippen LogP contribution in [-0.4, -0.2) is 73.7 Å². The van der Waals surface area contributed by atoms with Crippen molar-refractivity contribution in [2.75, 3.05) is 20.6 Å². The number of nitrogens with two attached hydrogens (primary N) is 1. The van der Waals surface area contributed by atoms with Crippen LogP contribution in [0, 0.1) is 5.92 Å². The van der Waals surface area contributed by atoms with Crippen molar-refractivity contribution in [3.63, 3.8) is 0 Å². The largest absolute Gasteiger partial charge is 0.368 e. The van der Waals surface area contributed by atoms with Gasteiger partial charge in [0.25, 0.3) is 5.91 Å². The second kappa shape index (κ2) is 9.31. The number of imide groups is 1. The van der Waals surface area contributed by atoms with Gasteiger partial charge in [-0.1, -0.05) is 42.0 Å². The Morgan fingerprint density at radius 3 is 2.39 bits per heavy atom. The van der Waals surface area contributed by atoms with Gasteiger partial charge in [-0.15, -0.1) is 5.10 Å². The summed E-state index contributed by atoms with van der Waals surface area (Å²) in [7, 11) is 4.20. The second-order valence-corrected chi connectivity index (χ2v) is 10.8. The Kier molecular flexibility index (Phi) is 6.32. The zero-order valence-corrected chi connectivity index (χ0v) is 21.1. The molecule has 2 saturated carbocycles. The molecule has 0 bridgehead atoms. The molecular formula is C26H35N7O3. The summed E-state index contributed by atoms with van der Waals surface area (Å²) >= 11 is 0. The van der Waals surface area contributed by atoms with Crippen molar-refractivity contribution < 1.29 is 14.4 Å². The highest BCUT2D eigenvalue weighted by Crippen LogP contribution is 2.50. The first kappa shape index (κ1) is 24.4. The number of benzene rings is 1. The van der Waals surface area contributed by atoms with Gasteiger partial charge < -0.3 is 10.6 Å². The number of hydrogen-bond donors (Lipinski definition) is 1. The number of carbonyl (C=O) groups is 3. The summed E-state index contributed by atoms with van der Waals surface area (Å²) in [5, 5.41) is 7.98. The minimum absolute atomic E-state index is 0.0385. The molecule has 10 nitrogen and oxygen atoms in total. The summed E-state index contributed by atoms with van der Waals surface area (Å²) in [6.07, 6.45) is 7.74. The van der Waals surface area contributed by atoms with Crippen LogP contribution in [0.15, 0.2) is 36.5 Å². The molecule has 2 heterocycles. The van der Waals surface area contributed by atoms with E-state index in [-0.39, 0.29) is 30.6 Å². The van der Waals surface area contributed by atoms with Gasteiger partial charge in [-0.25, -0.2) is 9.48 Å². The molecule has 0 unspecified atom stereocenters. The van der Waals surface area contributed by atoms with E-state index >= 15 is 0 Å². The number of urea groups is 1. The van der Waals surface area contributed by atoms with E-state index in [0.29, 0.717) is 31.0 Å². The molecule has 3 aliphatic rings. The van der Waals surface area contributed by atoms with Gasteiger partial charge in [-0.3, -0.25) is 19.4 Å². The fourth-order valence-corrected chi connectivity index (χ4v) is 6.22. The van der Waals surface area contributed by atoms with Gasteiger partial charge in [-0.2, -0.15) is 0 Å². The summed E-state index contributed by atoms with van der Waals surface area (Å²) in [4.78, 5) is 44.4. The van der Waals surface area contributed by atoms with E-state index in [1.54, 1.807) is 6.20 Å². The standard InChI is InChI=1S/C26H35N7O3/c1-30(2)25(20-9-4-3-5-10-20)11-13-26(14-12-25)23(35)32(24(36)33(26)15-19-7-6-8-19)17-21-16-31(29-28-21)18-22(27)34/h3-5,9-10,16,19H,6-8,11-15,17-18H2,1-2H3,(H2,27,34)/t25-,26+. The Bertz CT molecular complexity index is 1130. The van der Waals surface area contributed by atoms with Crippen LogP contribution in [0.1, 0.15) is 56.2 Å². The van der Waals surface area contributed by atoms with Crippen LogP contribution in [0.3, 0.4) is 0 Å². The van der Waals surface area contributed by atoms with Crippen LogP contribution >= 0.6 is 0 Å². The van der Waals surface area contributed by atoms with Gasteiger partial charge >= 0.3 is 6.03 Å². The highest BCUT2D eigenvalue weighted by Gasteiger charge is 2.60. The highest BCUT2D eigenvalue weighted by molar-refractivity contribution is 6.07. The predicted molar refractivity (Wildman–Crippen MR) is 132 cm³/mol. The molecule has 0 radical (unpaired) electrons. The quantitative estimate of drug-likeness (QED) is 0.563. The molecule has 4 amide bonds. The Morgan fingerprint density at radius 2 is 1.81 bits per heavy atom. The summed E-state index contributed by atoms with van der Waals surface area (Å²) in [6, 6.07) is 10.2. The van der Waals surface area contributed by atoms with Crippen LogP contribution in [0.5, 0.6) is 0 Å². The molecule has 3 fully saturated rings. The Labute approximate surface area is 211 Å². The number of amides is 4. The molecule has 10 heteroatoms. The highest BCUT2D eigenvalue weighted by atomic mass is 16.2. The van der Waals surface area contributed by atoms with Crippen molar-refractivity contribution in [2.45, 2.75) is 69.1 Å². The maximum atomic E-state index is 14.0. The molecule has 2 aromatic rings. The van der Waals surface area contributed by atoms with Crippen molar-refractivity contribution >= 4 is 17.8 Å². The van der Waals surface area contributed by atoms with Crippen LogP contribution in [0.25, 0.3) is 0 Å². The SMILES string of the molecule is CN(C)[C@]1(c2ccccc2)CC[C@]2(CC1)C(=O)N(Cc1cn(CC(N)=O)nn1)C(=O)N2CC1CCC1. The van der Waals surface area contributed by atoms with Gasteiger partial charge in [0.2, 0.25) is 5.91 Å². The average Bonchev–Trinajstić information content (AvgIpc) is 3.34. The maximum Gasteiger partial charge on any atom is 0.328 e. The first-order valence-electron chi connectivity index (χ1n) is 12.8. The molecular weight excluding hydrogens is 458 g/mol. The van der Waals surface area contributed by atoms with Gasteiger partial charge in [0.1, 0.15) is 17.8 Å². The summed E-state index contributed by atoms with van der Waals surface area (Å²) in [5.74, 6) is -0.225. The van der Waals surface area contributed by atoms with Crippen molar-refractivity contribution in [1.82, 2.24) is 29.7 Å². The summed E-state index contributed by atoms with van der Waals surface area (Å²) in [6.45, 7) is 0.561. The number of primary amides is 1. The smallest absolute Gasteiger partial charge is 0.328 e. The van der Waals surface area contributed by atoms with E-state index in [1.165, 1.54) is 21.6 Å². The average molecular weight is 494 g/mol. The third-order valence-corrected chi connectivity index (χ3v) is 8.58. The van der Waals surface area contributed by atoms with Gasteiger partial charge in [0.05, 0.1) is 12.7 Å². The van der Waals surface area contributed by atoms with Crippen LogP contribution in [0.2, 0.25) is 0 Å². The van der Waals surface area contributed by atoms with E-state index in [2.05, 4.69) is 53.6 Å². The first-order chi connectivity index (χ1) is 17.2. The van der Waals surface area contributed by atoms with E-state index in [9.17, 15) is 14.4 Å². The number of aromatic nitrogens is 3. The molecule has 2 N–H and O–H groups in total. The topological polar surface area (TPSA) is 118 Å².